The summed E-state index contributed by atoms with van der Waals surface area (Å²) in [4.78, 5) is 33.0. The van der Waals surface area contributed by atoms with E-state index in [2.05, 4.69) is 30.9 Å². The average Bonchev–Trinajstić information content (AvgIpc) is 3.26. The molecular weight excluding hydrogens is 482 g/mol. The van der Waals surface area contributed by atoms with Gasteiger partial charge in [-0.05, 0) is 91.3 Å². The highest BCUT2D eigenvalue weighted by Crippen LogP contribution is 2.71. The predicted molar refractivity (Wildman–Crippen MR) is 139 cm³/mol. The number of nitrogens with one attached hydrogen (secondary N) is 2. The molecule has 10 heteroatoms. The van der Waals surface area contributed by atoms with Crippen LogP contribution >= 0.6 is 0 Å². The number of anilines is 2. The van der Waals surface area contributed by atoms with Gasteiger partial charge >= 0.3 is 5.97 Å². The first kappa shape index (κ1) is 22.8. The van der Waals surface area contributed by atoms with Gasteiger partial charge in [-0.15, -0.1) is 5.10 Å². The molecule has 2 aromatic carbocycles. The number of aromatic nitrogens is 5. The van der Waals surface area contributed by atoms with Gasteiger partial charge in [0.1, 0.15) is 0 Å². The maximum absolute atomic E-state index is 13.0. The lowest BCUT2D eigenvalue weighted by molar-refractivity contribution is -0.127. The van der Waals surface area contributed by atoms with Gasteiger partial charge in [-0.3, -0.25) is 4.79 Å². The minimum atomic E-state index is -0.983. The Morgan fingerprint density at radius 3 is 2.76 bits per heavy atom. The van der Waals surface area contributed by atoms with Gasteiger partial charge in [0.15, 0.2) is 11.2 Å². The summed E-state index contributed by atoms with van der Waals surface area (Å²) in [6, 6.07) is 14.2. The molecule has 3 aliphatic rings. The Kier molecular flexibility index (Phi) is 5.17. The third-order valence-corrected chi connectivity index (χ3v) is 8.52. The number of amides is 1. The van der Waals surface area contributed by atoms with Crippen molar-refractivity contribution in [1.29, 1.82) is 0 Å². The molecule has 0 radical (unpaired) electrons. The molecule has 3 N–H and O–H groups in total. The quantitative estimate of drug-likeness (QED) is 0.339. The molecule has 1 spiro atoms. The van der Waals surface area contributed by atoms with Crippen molar-refractivity contribution in [3.8, 4) is 5.69 Å². The van der Waals surface area contributed by atoms with Crippen LogP contribution in [0.4, 0.5) is 11.6 Å². The topological polar surface area (TPSA) is 135 Å². The van der Waals surface area contributed by atoms with Crippen molar-refractivity contribution >= 4 is 34.7 Å². The molecule has 7 rings (SSSR count). The third kappa shape index (κ3) is 4.06. The van der Waals surface area contributed by atoms with Gasteiger partial charge in [-0.2, -0.15) is 9.67 Å². The van der Waals surface area contributed by atoms with E-state index >= 15 is 0 Å². The van der Waals surface area contributed by atoms with Crippen molar-refractivity contribution in [3.05, 3.63) is 65.9 Å². The summed E-state index contributed by atoms with van der Waals surface area (Å²) >= 11 is 0. The SMILES string of the molecule is O=C(O)c1ccc(Nc2ncc3nnn(-c4cccc(CNC(=O)C5CC6CC7CC7(C6)C5)c4)c3n2)cc1. The predicted octanol–water partition coefficient (Wildman–Crippen LogP) is 4.09. The molecule has 10 nitrogen and oxygen atoms in total. The molecule has 4 aromatic rings. The fourth-order valence-electron chi connectivity index (χ4n) is 6.68. The second kappa shape index (κ2) is 8.61. The fraction of sp³-hybridized carbons (Fsp3) is 0.357. The fourth-order valence-corrected chi connectivity index (χ4v) is 6.68. The summed E-state index contributed by atoms with van der Waals surface area (Å²) in [7, 11) is 0. The molecule has 3 saturated carbocycles. The van der Waals surface area contributed by atoms with Crippen LogP contribution in [0.3, 0.4) is 0 Å². The van der Waals surface area contributed by atoms with Crippen molar-refractivity contribution in [1.82, 2.24) is 30.3 Å². The van der Waals surface area contributed by atoms with Crippen LogP contribution < -0.4 is 10.6 Å². The van der Waals surface area contributed by atoms with Crippen LogP contribution in [0.5, 0.6) is 0 Å². The number of hydrogen-bond acceptors (Lipinski definition) is 7. The van der Waals surface area contributed by atoms with Crippen molar-refractivity contribution in [2.75, 3.05) is 5.32 Å². The third-order valence-electron chi connectivity index (χ3n) is 8.52. The molecule has 192 valence electrons. The Morgan fingerprint density at radius 1 is 1.08 bits per heavy atom. The van der Waals surface area contributed by atoms with E-state index < -0.39 is 5.97 Å². The van der Waals surface area contributed by atoms with Gasteiger partial charge in [0.2, 0.25) is 11.9 Å². The van der Waals surface area contributed by atoms with E-state index in [9.17, 15) is 9.59 Å². The molecule has 3 aliphatic carbocycles. The highest BCUT2D eigenvalue weighted by Gasteiger charge is 2.63. The highest BCUT2D eigenvalue weighted by atomic mass is 16.4. The molecule has 3 fully saturated rings. The summed E-state index contributed by atoms with van der Waals surface area (Å²) in [6.07, 6.45) is 7.69. The number of hydrogen-bond donors (Lipinski definition) is 3. The molecule has 38 heavy (non-hydrogen) atoms. The number of carbonyl (C=O) groups excluding carboxylic acids is 1. The maximum Gasteiger partial charge on any atom is 0.335 e. The van der Waals surface area contributed by atoms with Gasteiger partial charge in [-0.1, -0.05) is 17.3 Å². The van der Waals surface area contributed by atoms with E-state index in [1.807, 2.05) is 24.3 Å². The molecule has 2 aromatic heterocycles. The number of rotatable bonds is 7. The molecule has 2 bridgehead atoms. The van der Waals surface area contributed by atoms with Crippen LogP contribution in [-0.2, 0) is 11.3 Å². The number of nitrogens with zero attached hydrogens (tertiary/aromatic N) is 5. The van der Waals surface area contributed by atoms with E-state index in [-0.39, 0.29) is 17.4 Å². The van der Waals surface area contributed by atoms with Crippen LogP contribution in [0, 0.1) is 23.2 Å². The molecule has 2 heterocycles. The summed E-state index contributed by atoms with van der Waals surface area (Å²) in [5, 5.41) is 23.8. The van der Waals surface area contributed by atoms with Gasteiger partial charge in [-0.25, -0.2) is 9.78 Å². The van der Waals surface area contributed by atoms with Gasteiger partial charge in [0, 0.05) is 18.2 Å². The van der Waals surface area contributed by atoms with Crippen molar-refractivity contribution in [3.63, 3.8) is 0 Å². The smallest absolute Gasteiger partial charge is 0.335 e. The zero-order valence-electron chi connectivity index (χ0n) is 20.7. The Hall–Kier alpha value is -4.34. The van der Waals surface area contributed by atoms with Gasteiger partial charge < -0.3 is 15.7 Å². The van der Waals surface area contributed by atoms with E-state index in [4.69, 9.17) is 5.11 Å². The Morgan fingerprint density at radius 2 is 1.95 bits per heavy atom. The summed E-state index contributed by atoms with van der Waals surface area (Å²) in [5.41, 5.74) is 4.19. The Balaban J connectivity index is 1.06. The van der Waals surface area contributed by atoms with Crippen LogP contribution in [-0.4, -0.2) is 41.9 Å². The van der Waals surface area contributed by atoms with Crippen LogP contribution in [0.1, 0.15) is 48.0 Å². The second-order valence-electron chi connectivity index (χ2n) is 11.0. The molecule has 0 saturated heterocycles. The summed E-state index contributed by atoms with van der Waals surface area (Å²) in [6.45, 7) is 0.463. The molecule has 1 amide bonds. The standard InChI is InChI=1S/C28H27N7O3/c36-25(19-8-17-9-20-13-28(20,11-17)12-19)29-14-16-2-1-3-22(10-16)35-24-23(33-34-35)15-30-27(32-24)31-21-6-4-18(5-7-21)26(37)38/h1-7,10,15,17,19-20H,8-9,11-14H2,(H,29,36)(H,37,38)(H,30,31,32). The largest absolute Gasteiger partial charge is 0.478 e. The number of carbonyl (C=O) groups is 2. The summed E-state index contributed by atoms with van der Waals surface area (Å²) in [5.74, 6) is 1.31. The number of carboxylic acids is 1. The Bertz CT molecular complexity index is 1570. The van der Waals surface area contributed by atoms with Crippen molar-refractivity contribution in [2.45, 2.75) is 38.6 Å². The minimum absolute atomic E-state index is 0.145. The number of aromatic carboxylic acids is 1. The maximum atomic E-state index is 13.0. The number of benzene rings is 2. The van der Waals surface area contributed by atoms with E-state index in [0.717, 1.165) is 35.9 Å². The first-order valence-electron chi connectivity index (χ1n) is 13.0. The van der Waals surface area contributed by atoms with E-state index in [1.165, 1.54) is 31.4 Å². The second-order valence-corrected chi connectivity index (χ2v) is 11.0. The normalized spacial score (nSPS) is 25.1. The van der Waals surface area contributed by atoms with Crippen LogP contribution in [0.25, 0.3) is 16.9 Å². The summed E-state index contributed by atoms with van der Waals surface area (Å²) < 4.78 is 1.65. The lowest BCUT2D eigenvalue weighted by Gasteiger charge is -2.30. The molecule has 0 aliphatic heterocycles. The molecule has 4 unspecified atom stereocenters. The first-order chi connectivity index (χ1) is 18.5. The van der Waals surface area contributed by atoms with Crippen molar-refractivity contribution < 1.29 is 14.7 Å². The highest BCUT2D eigenvalue weighted by molar-refractivity contribution is 5.88. The van der Waals surface area contributed by atoms with Crippen LogP contribution in [0.2, 0.25) is 0 Å². The first-order valence-corrected chi connectivity index (χ1v) is 13.0. The Labute approximate surface area is 218 Å². The van der Waals surface area contributed by atoms with Gasteiger partial charge in [0.05, 0.1) is 17.4 Å². The minimum Gasteiger partial charge on any atom is -0.478 e. The lowest BCUT2D eigenvalue weighted by Crippen LogP contribution is -2.35. The molecule has 4 atom stereocenters. The number of fused-ring (bicyclic) bond motifs is 2. The van der Waals surface area contributed by atoms with E-state index in [0.29, 0.717) is 34.8 Å². The average molecular weight is 510 g/mol. The molecular formula is C28H27N7O3. The zero-order valence-corrected chi connectivity index (χ0v) is 20.7. The van der Waals surface area contributed by atoms with Crippen LogP contribution in [0.15, 0.2) is 54.7 Å². The number of carboxylic acid groups (broad SMARTS) is 1. The zero-order chi connectivity index (χ0) is 25.9. The van der Waals surface area contributed by atoms with Crippen molar-refractivity contribution in [2.24, 2.45) is 23.2 Å². The monoisotopic (exact) mass is 509 g/mol. The lowest BCUT2D eigenvalue weighted by atomic mass is 9.76. The van der Waals surface area contributed by atoms with E-state index in [1.54, 1.807) is 23.0 Å². The van der Waals surface area contributed by atoms with Gasteiger partial charge in [0.25, 0.3) is 0 Å².